The Labute approximate surface area is 145 Å². The number of halogens is 1. The van der Waals surface area contributed by atoms with Crippen LogP contribution in [0.4, 0.5) is 5.69 Å². The van der Waals surface area contributed by atoms with Crippen LogP contribution in [0.2, 0.25) is 5.02 Å². The number of anilines is 1. The number of hydrogen-bond acceptors (Lipinski definition) is 4. The molecule has 2 aromatic rings. The van der Waals surface area contributed by atoms with Gasteiger partial charge in [-0.25, -0.2) is 4.68 Å². The Bertz CT molecular complexity index is 724. The highest BCUT2D eigenvalue weighted by molar-refractivity contribution is 6.32. The van der Waals surface area contributed by atoms with Gasteiger partial charge in [0.1, 0.15) is 0 Å². The maximum atomic E-state index is 12.4. The van der Waals surface area contributed by atoms with E-state index in [4.69, 9.17) is 21.1 Å². The number of hydrogen-bond donors (Lipinski definition) is 1. The smallest absolute Gasteiger partial charge is 0.256 e. The number of aromatic nitrogens is 2. The minimum Gasteiger partial charge on any atom is -0.376 e. The number of carbonyl (C=O) groups is 1. The summed E-state index contributed by atoms with van der Waals surface area (Å²) in [6, 6.07) is 7.48. The van der Waals surface area contributed by atoms with Gasteiger partial charge in [-0.05, 0) is 18.1 Å². The second-order valence-corrected chi connectivity index (χ2v) is 6.29. The van der Waals surface area contributed by atoms with Crippen LogP contribution >= 0.6 is 11.6 Å². The number of amides is 1. The molecule has 1 N–H and O–H groups in total. The third-order valence-electron chi connectivity index (χ3n) is 3.80. The largest absolute Gasteiger partial charge is 0.376 e. The van der Waals surface area contributed by atoms with E-state index >= 15 is 0 Å². The van der Waals surface area contributed by atoms with Crippen molar-refractivity contribution < 1.29 is 14.3 Å². The SMILES string of the molecule is CC(C)c1c(NC(=O)C2COCCO2)cnn1-c1ccccc1Cl. The first kappa shape index (κ1) is 17.0. The molecule has 7 heteroatoms. The highest BCUT2D eigenvalue weighted by Crippen LogP contribution is 2.30. The first-order valence-corrected chi connectivity index (χ1v) is 8.28. The fourth-order valence-corrected chi connectivity index (χ4v) is 2.89. The number of nitrogens with zero attached hydrogens (tertiary/aromatic N) is 2. The maximum absolute atomic E-state index is 12.4. The van der Waals surface area contributed by atoms with Gasteiger partial charge in [0.25, 0.3) is 5.91 Å². The van der Waals surface area contributed by atoms with E-state index in [2.05, 4.69) is 10.4 Å². The topological polar surface area (TPSA) is 65.4 Å². The normalized spacial score (nSPS) is 17.9. The number of ether oxygens (including phenoxy) is 2. The molecule has 0 spiro atoms. The highest BCUT2D eigenvalue weighted by Gasteiger charge is 2.25. The fraction of sp³-hybridized carbons (Fsp3) is 0.412. The zero-order valence-corrected chi connectivity index (χ0v) is 14.4. The van der Waals surface area contributed by atoms with Gasteiger partial charge in [-0.2, -0.15) is 5.10 Å². The number of benzene rings is 1. The molecule has 1 aliphatic rings. The van der Waals surface area contributed by atoms with Gasteiger partial charge < -0.3 is 14.8 Å². The van der Waals surface area contributed by atoms with Crippen molar-refractivity contribution in [3.05, 3.63) is 41.2 Å². The van der Waals surface area contributed by atoms with Crippen LogP contribution < -0.4 is 5.32 Å². The van der Waals surface area contributed by atoms with Crippen molar-refractivity contribution >= 4 is 23.2 Å². The molecule has 0 bridgehead atoms. The second-order valence-electron chi connectivity index (χ2n) is 5.88. The predicted molar refractivity (Wildman–Crippen MR) is 91.9 cm³/mol. The molecule has 1 aromatic carbocycles. The minimum absolute atomic E-state index is 0.141. The Balaban J connectivity index is 1.89. The van der Waals surface area contributed by atoms with E-state index in [-0.39, 0.29) is 18.4 Å². The summed E-state index contributed by atoms with van der Waals surface area (Å²) >= 11 is 6.29. The van der Waals surface area contributed by atoms with Gasteiger partial charge in [-0.15, -0.1) is 0 Å². The van der Waals surface area contributed by atoms with Crippen LogP contribution in [0, 0.1) is 0 Å². The summed E-state index contributed by atoms with van der Waals surface area (Å²) in [7, 11) is 0. The predicted octanol–water partition coefficient (Wildman–Crippen LogP) is 3.00. The molecule has 1 aromatic heterocycles. The monoisotopic (exact) mass is 349 g/mol. The summed E-state index contributed by atoms with van der Waals surface area (Å²) < 4.78 is 12.5. The number of para-hydroxylation sites is 1. The molecule has 1 atom stereocenters. The molecule has 0 aliphatic carbocycles. The molecule has 0 saturated carbocycles. The molecule has 24 heavy (non-hydrogen) atoms. The Morgan fingerprint density at radius 1 is 1.38 bits per heavy atom. The average Bonchev–Trinajstić information content (AvgIpc) is 2.99. The third-order valence-corrected chi connectivity index (χ3v) is 4.12. The third kappa shape index (κ3) is 3.45. The summed E-state index contributed by atoms with van der Waals surface area (Å²) in [6.07, 6.45) is 1.04. The van der Waals surface area contributed by atoms with Crippen molar-refractivity contribution in [2.24, 2.45) is 0 Å². The Morgan fingerprint density at radius 3 is 2.83 bits per heavy atom. The molecule has 1 aliphatic heterocycles. The molecule has 1 amide bonds. The van der Waals surface area contributed by atoms with E-state index in [0.717, 1.165) is 11.4 Å². The van der Waals surface area contributed by atoms with Crippen LogP contribution in [-0.2, 0) is 14.3 Å². The lowest BCUT2D eigenvalue weighted by molar-refractivity contribution is -0.142. The fourth-order valence-electron chi connectivity index (χ4n) is 2.68. The standard InChI is InChI=1S/C17H20ClN3O3/c1-11(2)16-13(20-17(22)15-10-23-7-8-24-15)9-19-21(16)14-6-4-3-5-12(14)18/h3-6,9,11,15H,7-8,10H2,1-2H3,(H,20,22). The molecule has 1 fully saturated rings. The Kier molecular flexibility index (Phi) is 5.18. The van der Waals surface area contributed by atoms with E-state index in [1.807, 2.05) is 38.1 Å². The van der Waals surface area contributed by atoms with Gasteiger partial charge in [0.05, 0.1) is 48.1 Å². The lowest BCUT2D eigenvalue weighted by Gasteiger charge is -2.22. The lowest BCUT2D eigenvalue weighted by Crippen LogP contribution is -2.39. The van der Waals surface area contributed by atoms with Gasteiger partial charge in [0.15, 0.2) is 6.10 Å². The first-order valence-electron chi connectivity index (χ1n) is 7.91. The Hall–Kier alpha value is -1.89. The first-order chi connectivity index (χ1) is 11.6. The van der Waals surface area contributed by atoms with E-state index < -0.39 is 6.10 Å². The summed E-state index contributed by atoms with van der Waals surface area (Å²) in [5.74, 6) is -0.0853. The Morgan fingerprint density at radius 2 is 2.17 bits per heavy atom. The lowest BCUT2D eigenvalue weighted by atomic mass is 10.1. The van der Waals surface area contributed by atoms with Crippen LogP contribution in [0.1, 0.15) is 25.5 Å². The maximum Gasteiger partial charge on any atom is 0.256 e. The van der Waals surface area contributed by atoms with Crippen molar-refractivity contribution in [3.8, 4) is 5.69 Å². The average molecular weight is 350 g/mol. The summed E-state index contributed by atoms with van der Waals surface area (Å²) in [5.41, 5.74) is 2.32. The number of carbonyl (C=O) groups excluding carboxylic acids is 1. The van der Waals surface area contributed by atoms with E-state index in [1.54, 1.807) is 10.9 Å². The zero-order valence-electron chi connectivity index (χ0n) is 13.7. The van der Waals surface area contributed by atoms with Crippen molar-refractivity contribution in [3.63, 3.8) is 0 Å². The minimum atomic E-state index is -0.595. The molecule has 6 nitrogen and oxygen atoms in total. The quantitative estimate of drug-likeness (QED) is 0.921. The second kappa shape index (κ2) is 7.34. The number of nitrogens with one attached hydrogen (secondary N) is 1. The van der Waals surface area contributed by atoms with Crippen molar-refractivity contribution in [1.29, 1.82) is 0 Å². The molecule has 3 rings (SSSR count). The number of rotatable bonds is 4. The molecular weight excluding hydrogens is 330 g/mol. The molecule has 1 unspecified atom stereocenters. The molecule has 0 radical (unpaired) electrons. The van der Waals surface area contributed by atoms with Gasteiger partial charge in [0, 0.05) is 0 Å². The summed E-state index contributed by atoms with van der Waals surface area (Å²) in [6.45, 7) is 5.29. The van der Waals surface area contributed by atoms with Gasteiger partial charge >= 0.3 is 0 Å². The van der Waals surface area contributed by atoms with E-state index in [9.17, 15) is 4.79 Å². The van der Waals surface area contributed by atoms with Crippen LogP contribution in [0.25, 0.3) is 5.69 Å². The molecule has 2 heterocycles. The van der Waals surface area contributed by atoms with Crippen LogP contribution in [0.15, 0.2) is 30.5 Å². The molecule has 1 saturated heterocycles. The summed E-state index contributed by atoms with van der Waals surface area (Å²) in [5, 5.41) is 7.91. The van der Waals surface area contributed by atoms with Crippen molar-refractivity contribution in [1.82, 2.24) is 9.78 Å². The van der Waals surface area contributed by atoms with Gasteiger partial charge in [-0.3, -0.25) is 4.79 Å². The van der Waals surface area contributed by atoms with Crippen LogP contribution in [0.5, 0.6) is 0 Å². The van der Waals surface area contributed by atoms with Gasteiger partial charge in [0.2, 0.25) is 0 Å². The van der Waals surface area contributed by atoms with E-state index in [1.165, 1.54) is 0 Å². The molecular formula is C17H20ClN3O3. The van der Waals surface area contributed by atoms with Gasteiger partial charge in [-0.1, -0.05) is 37.6 Å². The van der Waals surface area contributed by atoms with Crippen LogP contribution in [-0.4, -0.2) is 41.6 Å². The zero-order chi connectivity index (χ0) is 17.1. The highest BCUT2D eigenvalue weighted by atomic mass is 35.5. The summed E-state index contributed by atoms with van der Waals surface area (Å²) in [4.78, 5) is 12.4. The van der Waals surface area contributed by atoms with Crippen LogP contribution in [0.3, 0.4) is 0 Å². The van der Waals surface area contributed by atoms with E-state index in [0.29, 0.717) is 23.9 Å². The van der Waals surface area contributed by atoms with Crippen molar-refractivity contribution in [2.45, 2.75) is 25.9 Å². The molecule has 128 valence electrons. The van der Waals surface area contributed by atoms with Crippen molar-refractivity contribution in [2.75, 3.05) is 25.1 Å².